The Morgan fingerprint density at radius 3 is 2.19 bits per heavy atom. The van der Waals surface area contributed by atoms with Crippen molar-refractivity contribution in [3.05, 3.63) is 23.3 Å². The highest BCUT2D eigenvalue weighted by atomic mass is 16.5. The van der Waals surface area contributed by atoms with Crippen LogP contribution in [0.1, 0.15) is 94.5 Å². The average Bonchev–Trinajstić information content (AvgIpc) is 2.62. The van der Waals surface area contributed by atoms with E-state index in [2.05, 4.69) is 6.92 Å². The molecule has 0 aliphatic carbocycles. The van der Waals surface area contributed by atoms with Crippen molar-refractivity contribution in [1.29, 1.82) is 0 Å². The normalized spacial score (nSPS) is 12.0. The number of hydrogen-bond acceptors (Lipinski definition) is 4. The number of hydrogen-bond donors (Lipinski definition) is 2. The lowest BCUT2D eigenvalue weighted by atomic mass is 10.0. The summed E-state index contributed by atoms with van der Waals surface area (Å²) < 4.78 is 5.75. The van der Waals surface area contributed by atoms with Crippen LogP contribution >= 0.6 is 0 Å². The number of aromatic hydroxyl groups is 1. The third-order valence-electron chi connectivity index (χ3n) is 4.73. The third kappa shape index (κ3) is 7.61. The fourth-order valence-corrected chi connectivity index (χ4v) is 3.18. The van der Waals surface area contributed by atoms with Gasteiger partial charge in [-0.3, -0.25) is 4.79 Å². The lowest BCUT2D eigenvalue weighted by molar-refractivity contribution is -0.145. The van der Waals surface area contributed by atoms with E-state index in [1.807, 2.05) is 6.92 Å². The summed E-state index contributed by atoms with van der Waals surface area (Å²) in [5.41, 5.74) is 0.751. The topological polar surface area (TPSA) is 83.8 Å². The molecule has 1 aromatic carbocycles. The number of rotatable bonds is 14. The molecule has 1 atom stereocenters. The largest absolute Gasteiger partial charge is 0.507 e. The Hall–Kier alpha value is -2.04. The van der Waals surface area contributed by atoms with E-state index in [1.54, 1.807) is 6.07 Å². The molecule has 1 unspecified atom stereocenters. The Balaban J connectivity index is 2.74. The van der Waals surface area contributed by atoms with Gasteiger partial charge >= 0.3 is 5.97 Å². The Kier molecular flexibility index (Phi) is 10.5. The summed E-state index contributed by atoms with van der Waals surface area (Å²) in [6.07, 6.45) is 8.55. The van der Waals surface area contributed by atoms with Gasteiger partial charge in [-0.2, -0.15) is 0 Å². The number of benzene rings is 1. The predicted molar refractivity (Wildman–Crippen MR) is 107 cm³/mol. The summed E-state index contributed by atoms with van der Waals surface area (Å²) in [4.78, 5) is 23.2. The zero-order valence-electron chi connectivity index (χ0n) is 16.9. The van der Waals surface area contributed by atoms with Gasteiger partial charge in [-0.25, -0.2) is 4.79 Å². The standard InChI is InChI=1S/C22H34O5/c1-4-6-7-8-9-10-11-13-20(22(25)26)27-19-15-14-17(16(3)23)21(24)18(19)12-5-2/h14-15,20,24H,4-13H2,1-3H3,(H,25,26). The van der Waals surface area contributed by atoms with Gasteiger partial charge in [0.1, 0.15) is 11.5 Å². The summed E-state index contributed by atoms with van der Waals surface area (Å²) in [5, 5.41) is 19.9. The fourth-order valence-electron chi connectivity index (χ4n) is 3.18. The maximum Gasteiger partial charge on any atom is 0.344 e. The number of carboxylic acid groups (broad SMARTS) is 1. The van der Waals surface area contributed by atoms with Crippen LogP contribution in [-0.2, 0) is 11.2 Å². The van der Waals surface area contributed by atoms with Crippen LogP contribution in [0.25, 0.3) is 0 Å². The molecule has 0 heterocycles. The number of aliphatic carboxylic acids is 1. The van der Waals surface area contributed by atoms with Gasteiger partial charge in [0.15, 0.2) is 11.9 Å². The maximum atomic E-state index is 11.6. The number of phenolic OH excluding ortho intramolecular Hbond substituents is 1. The number of Topliss-reactive ketones (excluding diaryl/α,β-unsaturated/α-hetero) is 1. The van der Waals surface area contributed by atoms with Crippen LogP contribution in [0.5, 0.6) is 11.5 Å². The number of ether oxygens (including phenoxy) is 1. The molecule has 0 spiro atoms. The Morgan fingerprint density at radius 1 is 1.00 bits per heavy atom. The second-order valence-corrected chi connectivity index (χ2v) is 7.10. The van der Waals surface area contributed by atoms with Crippen molar-refractivity contribution in [2.75, 3.05) is 0 Å². The molecule has 0 fully saturated rings. The summed E-state index contributed by atoms with van der Waals surface area (Å²) in [6, 6.07) is 3.10. The molecule has 1 rings (SSSR count). The van der Waals surface area contributed by atoms with Gasteiger partial charge in [-0.1, -0.05) is 58.8 Å². The van der Waals surface area contributed by atoms with E-state index in [1.165, 1.54) is 38.7 Å². The number of unbranched alkanes of at least 4 members (excludes halogenated alkanes) is 6. The molecular weight excluding hydrogens is 344 g/mol. The monoisotopic (exact) mass is 378 g/mol. The Labute approximate surface area is 162 Å². The van der Waals surface area contributed by atoms with E-state index in [0.29, 0.717) is 24.2 Å². The molecule has 0 aromatic heterocycles. The van der Waals surface area contributed by atoms with Crippen LogP contribution < -0.4 is 4.74 Å². The zero-order chi connectivity index (χ0) is 20.2. The lowest BCUT2D eigenvalue weighted by Gasteiger charge is -2.19. The highest BCUT2D eigenvalue weighted by Gasteiger charge is 2.23. The first kappa shape index (κ1) is 23.0. The summed E-state index contributed by atoms with van der Waals surface area (Å²) in [5.74, 6) is -0.968. The second-order valence-electron chi connectivity index (χ2n) is 7.10. The summed E-state index contributed by atoms with van der Waals surface area (Å²) >= 11 is 0. The zero-order valence-corrected chi connectivity index (χ0v) is 16.9. The highest BCUT2D eigenvalue weighted by Crippen LogP contribution is 2.34. The van der Waals surface area contributed by atoms with Crippen LogP contribution in [0.2, 0.25) is 0 Å². The van der Waals surface area contributed by atoms with Crippen molar-refractivity contribution in [3.8, 4) is 11.5 Å². The molecule has 2 N–H and O–H groups in total. The van der Waals surface area contributed by atoms with E-state index in [-0.39, 0.29) is 17.1 Å². The first-order valence-electron chi connectivity index (χ1n) is 10.2. The molecule has 5 heteroatoms. The first-order chi connectivity index (χ1) is 12.9. The van der Waals surface area contributed by atoms with Gasteiger partial charge in [0.2, 0.25) is 0 Å². The molecule has 0 saturated heterocycles. The Bertz CT molecular complexity index is 609. The number of carboxylic acids is 1. The van der Waals surface area contributed by atoms with Gasteiger partial charge in [0.25, 0.3) is 0 Å². The van der Waals surface area contributed by atoms with Crippen LogP contribution in [-0.4, -0.2) is 28.1 Å². The van der Waals surface area contributed by atoms with Gasteiger partial charge in [-0.05, 0) is 38.3 Å². The van der Waals surface area contributed by atoms with Crippen molar-refractivity contribution >= 4 is 11.8 Å². The molecule has 152 valence electrons. The minimum absolute atomic E-state index is 0.0955. The molecule has 27 heavy (non-hydrogen) atoms. The SMILES string of the molecule is CCCCCCCCCC(Oc1ccc(C(C)=O)c(O)c1CCC)C(=O)O. The van der Waals surface area contributed by atoms with Crippen LogP contribution in [0, 0.1) is 0 Å². The third-order valence-corrected chi connectivity index (χ3v) is 4.73. The smallest absolute Gasteiger partial charge is 0.344 e. The molecule has 1 aromatic rings. The average molecular weight is 379 g/mol. The van der Waals surface area contributed by atoms with Gasteiger partial charge in [-0.15, -0.1) is 0 Å². The fraction of sp³-hybridized carbons (Fsp3) is 0.636. The van der Waals surface area contributed by atoms with Crippen molar-refractivity contribution in [3.63, 3.8) is 0 Å². The van der Waals surface area contributed by atoms with Crippen molar-refractivity contribution in [1.82, 2.24) is 0 Å². The summed E-state index contributed by atoms with van der Waals surface area (Å²) in [7, 11) is 0. The molecular formula is C22H34O5. The van der Waals surface area contributed by atoms with Crippen molar-refractivity contribution in [2.24, 2.45) is 0 Å². The number of carbonyl (C=O) groups excluding carboxylic acids is 1. The molecule has 0 aliphatic heterocycles. The molecule has 0 amide bonds. The van der Waals surface area contributed by atoms with Gasteiger partial charge < -0.3 is 14.9 Å². The molecule has 0 radical (unpaired) electrons. The predicted octanol–water partition coefficient (Wildman–Crippen LogP) is 5.52. The van der Waals surface area contributed by atoms with E-state index in [4.69, 9.17) is 4.74 Å². The second kappa shape index (κ2) is 12.4. The summed E-state index contributed by atoms with van der Waals surface area (Å²) in [6.45, 7) is 5.53. The maximum absolute atomic E-state index is 11.6. The molecule has 0 saturated carbocycles. The van der Waals surface area contributed by atoms with E-state index >= 15 is 0 Å². The first-order valence-corrected chi connectivity index (χ1v) is 10.2. The Morgan fingerprint density at radius 2 is 1.63 bits per heavy atom. The quantitative estimate of drug-likeness (QED) is 0.329. The van der Waals surface area contributed by atoms with E-state index in [9.17, 15) is 19.8 Å². The molecule has 0 aliphatic rings. The van der Waals surface area contributed by atoms with E-state index < -0.39 is 12.1 Å². The molecule has 0 bridgehead atoms. The van der Waals surface area contributed by atoms with Crippen LogP contribution in [0.3, 0.4) is 0 Å². The minimum atomic E-state index is -1.00. The minimum Gasteiger partial charge on any atom is -0.507 e. The van der Waals surface area contributed by atoms with Crippen molar-refractivity contribution in [2.45, 2.75) is 91.1 Å². The van der Waals surface area contributed by atoms with Crippen molar-refractivity contribution < 1.29 is 24.5 Å². The number of phenols is 1. The van der Waals surface area contributed by atoms with E-state index in [0.717, 1.165) is 25.7 Å². The van der Waals surface area contributed by atoms with Gasteiger partial charge in [0, 0.05) is 5.56 Å². The lowest BCUT2D eigenvalue weighted by Crippen LogP contribution is -2.27. The van der Waals surface area contributed by atoms with Crippen LogP contribution in [0.15, 0.2) is 12.1 Å². The highest BCUT2D eigenvalue weighted by molar-refractivity contribution is 5.97. The molecule has 5 nitrogen and oxygen atoms in total. The number of carbonyl (C=O) groups is 2. The number of ketones is 1. The van der Waals surface area contributed by atoms with Gasteiger partial charge in [0.05, 0.1) is 5.56 Å². The van der Waals surface area contributed by atoms with Crippen LogP contribution in [0.4, 0.5) is 0 Å².